The van der Waals surface area contributed by atoms with E-state index >= 15 is 0 Å². The molecule has 1 aliphatic rings. The Bertz CT molecular complexity index is 980. The van der Waals surface area contributed by atoms with Gasteiger partial charge in [0, 0.05) is 18.5 Å². The molecule has 128 valence electrons. The lowest BCUT2D eigenvalue weighted by Crippen LogP contribution is -2.57. The Labute approximate surface area is 158 Å². The minimum atomic E-state index is -0.179. The van der Waals surface area contributed by atoms with Crippen molar-refractivity contribution in [2.45, 2.75) is 18.2 Å². The van der Waals surface area contributed by atoms with Crippen LogP contribution in [0.3, 0.4) is 0 Å². The topological polar surface area (TPSA) is 72.1 Å². The summed E-state index contributed by atoms with van der Waals surface area (Å²) in [6.07, 6.45) is 0. The lowest BCUT2D eigenvalue weighted by molar-refractivity contribution is 0.0575. The average molecular weight is 417 g/mol. The first kappa shape index (κ1) is 16.5. The number of likely N-dealkylation sites (tertiary alicyclic amines) is 1. The number of nitrogens with zero attached hydrogens (tertiary/aromatic N) is 3. The van der Waals surface area contributed by atoms with Gasteiger partial charge in [-0.3, -0.25) is 4.79 Å². The predicted molar refractivity (Wildman–Crippen MR) is 104 cm³/mol. The van der Waals surface area contributed by atoms with Gasteiger partial charge in [-0.1, -0.05) is 46.3 Å². The van der Waals surface area contributed by atoms with Gasteiger partial charge in [-0.2, -0.15) is 5.10 Å². The highest BCUT2D eigenvalue weighted by atomic mass is 79.9. The van der Waals surface area contributed by atoms with Gasteiger partial charge in [-0.05, 0) is 25.0 Å². The first-order valence-corrected chi connectivity index (χ1v) is 9.57. The third-order valence-electron chi connectivity index (χ3n) is 4.79. The van der Waals surface area contributed by atoms with Crippen molar-refractivity contribution in [3.8, 4) is 0 Å². The summed E-state index contributed by atoms with van der Waals surface area (Å²) >= 11 is 5.11. The van der Waals surface area contributed by atoms with Gasteiger partial charge < -0.3 is 10.6 Å². The molecule has 1 fully saturated rings. The zero-order valence-electron chi connectivity index (χ0n) is 13.9. The number of alkyl halides is 1. The Morgan fingerprint density at radius 2 is 1.92 bits per heavy atom. The SMILES string of the molecule is Cc1nnc2sc(C(=O)N3CC(Br)(c4ccccc4)C3)c(N)c2c1C. The number of aromatic nitrogens is 2. The van der Waals surface area contributed by atoms with Crippen molar-refractivity contribution < 1.29 is 4.79 Å². The van der Waals surface area contributed by atoms with Gasteiger partial charge in [0.1, 0.15) is 9.71 Å². The van der Waals surface area contributed by atoms with Gasteiger partial charge in [-0.15, -0.1) is 16.4 Å². The molecule has 0 atom stereocenters. The molecule has 0 aliphatic carbocycles. The minimum Gasteiger partial charge on any atom is -0.397 e. The Kier molecular flexibility index (Phi) is 3.81. The van der Waals surface area contributed by atoms with Gasteiger partial charge >= 0.3 is 0 Å². The molecule has 1 amide bonds. The van der Waals surface area contributed by atoms with Gasteiger partial charge in [0.15, 0.2) is 0 Å². The van der Waals surface area contributed by atoms with Crippen LogP contribution in [-0.4, -0.2) is 34.1 Å². The molecule has 1 aliphatic heterocycles. The highest BCUT2D eigenvalue weighted by Crippen LogP contribution is 2.43. The second-order valence-corrected chi connectivity index (χ2v) is 8.95. The number of nitrogens with two attached hydrogens (primary N) is 1. The maximum atomic E-state index is 12.9. The fraction of sp³-hybridized carbons (Fsp3) is 0.278. The van der Waals surface area contributed by atoms with Crippen LogP contribution in [0.1, 0.15) is 26.5 Å². The largest absolute Gasteiger partial charge is 0.397 e. The monoisotopic (exact) mass is 416 g/mol. The van der Waals surface area contributed by atoms with Crippen molar-refractivity contribution in [2.24, 2.45) is 0 Å². The molecular weight excluding hydrogens is 400 g/mol. The molecule has 2 N–H and O–H groups in total. The second kappa shape index (κ2) is 5.78. The number of hydrogen-bond donors (Lipinski definition) is 1. The number of thiophene rings is 1. The van der Waals surface area contributed by atoms with Crippen LogP contribution in [0.15, 0.2) is 30.3 Å². The molecule has 7 heteroatoms. The molecule has 25 heavy (non-hydrogen) atoms. The number of benzene rings is 1. The number of hydrogen-bond acceptors (Lipinski definition) is 5. The van der Waals surface area contributed by atoms with Crippen LogP contribution in [0.5, 0.6) is 0 Å². The fourth-order valence-electron chi connectivity index (χ4n) is 3.16. The Hall–Kier alpha value is -1.99. The number of carbonyl (C=O) groups excluding carboxylic acids is 1. The molecule has 5 nitrogen and oxygen atoms in total. The van der Waals surface area contributed by atoms with E-state index in [1.807, 2.05) is 36.9 Å². The molecule has 1 saturated heterocycles. The van der Waals surface area contributed by atoms with E-state index in [-0.39, 0.29) is 10.2 Å². The van der Waals surface area contributed by atoms with Crippen LogP contribution < -0.4 is 5.73 Å². The third-order valence-corrected chi connectivity index (χ3v) is 6.83. The lowest BCUT2D eigenvalue weighted by Gasteiger charge is -2.46. The maximum absolute atomic E-state index is 12.9. The van der Waals surface area contributed by atoms with Crippen molar-refractivity contribution >= 4 is 49.1 Å². The summed E-state index contributed by atoms with van der Waals surface area (Å²) < 4.78 is -0.179. The van der Waals surface area contributed by atoms with E-state index in [4.69, 9.17) is 5.73 Å². The van der Waals surface area contributed by atoms with Crippen molar-refractivity contribution in [2.75, 3.05) is 18.8 Å². The van der Waals surface area contributed by atoms with Crippen LogP contribution in [0, 0.1) is 13.8 Å². The maximum Gasteiger partial charge on any atom is 0.266 e. The van der Waals surface area contributed by atoms with E-state index in [9.17, 15) is 4.79 Å². The summed E-state index contributed by atoms with van der Waals surface area (Å²) in [6, 6.07) is 10.2. The fourth-order valence-corrected chi connectivity index (χ4v) is 5.10. The van der Waals surface area contributed by atoms with Crippen LogP contribution in [-0.2, 0) is 4.32 Å². The smallest absolute Gasteiger partial charge is 0.266 e. The molecule has 0 saturated carbocycles. The number of carbonyl (C=O) groups is 1. The lowest BCUT2D eigenvalue weighted by atomic mass is 9.91. The molecule has 4 rings (SSSR count). The Morgan fingerprint density at radius 3 is 2.60 bits per heavy atom. The standard InChI is InChI=1S/C18H17BrN4OS/c1-10-11(2)21-22-16-13(10)14(20)15(25-16)17(24)23-8-18(19,9-23)12-6-4-3-5-7-12/h3-7H,8-9,20H2,1-2H3. The molecule has 3 heterocycles. The zero-order chi connectivity index (χ0) is 17.8. The molecule has 2 aromatic heterocycles. The van der Waals surface area contributed by atoms with E-state index in [0.717, 1.165) is 21.5 Å². The first-order chi connectivity index (χ1) is 11.9. The molecule has 0 unspecified atom stereocenters. The number of nitrogen functional groups attached to an aromatic ring is 1. The first-order valence-electron chi connectivity index (χ1n) is 7.96. The van der Waals surface area contributed by atoms with Gasteiger partial charge in [0.05, 0.1) is 15.7 Å². The zero-order valence-corrected chi connectivity index (χ0v) is 16.3. The second-order valence-electron chi connectivity index (χ2n) is 6.43. The van der Waals surface area contributed by atoms with Gasteiger partial charge in [-0.25, -0.2) is 0 Å². The number of amides is 1. The summed E-state index contributed by atoms with van der Waals surface area (Å²) in [5.74, 6) is -0.0384. The highest BCUT2D eigenvalue weighted by Gasteiger charge is 2.45. The normalized spacial score (nSPS) is 16.0. The van der Waals surface area contributed by atoms with Crippen LogP contribution in [0.25, 0.3) is 10.2 Å². The van der Waals surface area contributed by atoms with E-state index in [0.29, 0.717) is 23.7 Å². The van der Waals surface area contributed by atoms with Crippen LogP contribution in [0.2, 0.25) is 0 Å². The average Bonchev–Trinajstić information content (AvgIpc) is 2.93. The summed E-state index contributed by atoms with van der Waals surface area (Å²) in [4.78, 5) is 16.0. The van der Waals surface area contributed by atoms with E-state index in [1.165, 1.54) is 16.9 Å². The number of fused-ring (bicyclic) bond motifs is 1. The van der Waals surface area contributed by atoms with Crippen LogP contribution >= 0.6 is 27.3 Å². The molecule has 1 aromatic carbocycles. The van der Waals surface area contributed by atoms with Crippen molar-refractivity contribution in [1.29, 1.82) is 0 Å². The van der Waals surface area contributed by atoms with E-state index in [1.54, 1.807) is 0 Å². The number of aryl methyl sites for hydroxylation is 2. The number of anilines is 1. The Balaban J connectivity index is 1.62. The van der Waals surface area contributed by atoms with Gasteiger partial charge in [0.25, 0.3) is 5.91 Å². The quantitative estimate of drug-likeness (QED) is 0.647. The number of rotatable bonds is 2. The third kappa shape index (κ3) is 2.53. The predicted octanol–water partition coefficient (Wildman–Crippen LogP) is 3.64. The Morgan fingerprint density at radius 1 is 1.24 bits per heavy atom. The van der Waals surface area contributed by atoms with Crippen LogP contribution in [0.4, 0.5) is 5.69 Å². The summed E-state index contributed by atoms with van der Waals surface area (Å²) in [5.41, 5.74) is 9.81. The van der Waals surface area contributed by atoms with Crippen molar-refractivity contribution in [3.63, 3.8) is 0 Å². The molecular formula is C18H17BrN4OS. The highest BCUT2D eigenvalue weighted by molar-refractivity contribution is 9.09. The molecule has 0 radical (unpaired) electrons. The summed E-state index contributed by atoms with van der Waals surface area (Å²) in [6.45, 7) is 5.10. The van der Waals surface area contributed by atoms with Gasteiger partial charge in [0.2, 0.25) is 0 Å². The molecule has 0 spiro atoms. The van der Waals surface area contributed by atoms with E-state index < -0.39 is 0 Å². The summed E-state index contributed by atoms with van der Waals surface area (Å²) in [7, 11) is 0. The molecule has 0 bridgehead atoms. The van der Waals surface area contributed by atoms with E-state index in [2.05, 4.69) is 38.3 Å². The summed E-state index contributed by atoms with van der Waals surface area (Å²) in [5, 5.41) is 9.18. The van der Waals surface area contributed by atoms with Crippen molar-refractivity contribution in [3.05, 3.63) is 52.0 Å². The molecule has 3 aromatic rings. The number of halogens is 1. The van der Waals surface area contributed by atoms with Crippen molar-refractivity contribution in [1.82, 2.24) is 15.1 Å². The minimum absolute atomic E-state index is 0.0384.